The Morgan fingerprint density at radius 2 is 0.957 bits per heavy atom. The summed E-state index contributed by atoms with van der Waals surface area (Å²) in [6, 6.07) is 39.2. The van der Waals surface area contributed by atoms with Gasteiger partial charge in [-0.1, -0.05) is 156 Å². The van der Waals surface area contributed by atoms with Crippen LogP contribution in [-0.4, -0.2) is 47.0 Å². The van der Waals surface area contributed by atoms with E-state index in [4.69, 9.17) is 68.6 Å². The second-order valence-corrected chi connectivity index (χ2v) is 13.1. The normalized spacial score (nSPS) is 21.5. The Labute approximate surface area is 284 Å². The molecule has 1 saturated heterocycles. The molecule has 0 bridgehead atoms. The fourth-order valence-electron chi connectivity index (χ4n) is 5.02. The van der Waals surface area contributed by atoms with E-state index in [0.717, 1.165) is 22.3 Å². The zero-order chi connectivity index (χ0) is 32.2. The van der Waals surface area contributed by atoms with Gasteiger partial charge in [0, 0.05) is 0 Å². The molecular weight excluding hydrogens is 649 g/mol. The molecule has 0 aliphatic carbocycles. The van der Waals surface area contributed by atoms with E-state index in [0.29, 0.717) is 6.61 Å². The van der Waals surface area contributed by atoms with Gasteiger partial charge in [0.05, 0.1) is 33.0 Å². The Bertz CT molecular complexity index is 1460. The van der Waals surface area contributed by atoms with Crippen LogP contribution in [0.15, 0.2) is 121 Å². The van der Waals surface area contributed by atoms with E-state index < -0.39 is 40.4 Å². The molecule has 1 N–H and O–H groups in total. The number of alkyl halides is 3. The van der Waals surface area contributed by atoms with Gasteiger partial charge in [-0.15, -0.1) is 0 Å². The first-order valence-corrected chi connectivity index (χ1v) is 16.1. The van der Waals surface area contributed by atoms with Crippen LogP contribution < -0.4 is 0 Å². The summed E-state index contributed by atoms with van der Waals surface area (Å²) in [6.07, 6.45) is -4.17. The second-order valence-electron chi connectivity index (χ2n) is 10.8. The largest absolute Gasteiger partial charge is 0.445 e. The van der Waals surface area contributed by atoms with Crippen LogP contribution in [0.2, 0.25) is 0 Å². The van der Waals surface area contributed by atoms with Crippen LogP contribution in [0, 0.1) is 5.41 Å². The molecule has 0 amide bonds. The summed E-state index contributed by atoms with van der Waals surface area (Å²) in [5.74, 6) is -0.606. The molecule has 1 fully saturated rings. The lowest BCUT2D eigenvalue weighted by atomic mass is 9.97. The van der Waals surface area contributed by atoms with Gasteiger partial charge in [-0.25, -0.2) is 0 Å². The van der Waals surface area contributed by atoms with Crippen LogP contribution in [0.5, 0.6) is 0 Å². The standard InChI is InChI=1S/C36H36Cl3NO6/c37-36(38,39)35(40)46-34-33(44-24-29-19-11-4-12-20-29)32(43-23-28-17-9-3-10-18-28)31(42-22-27-15-7-2-8-16-27)30(45-34)25-41-21-26-13-5-1-6-14-26/h1-20,30-34,40H,21-25H2/t30?,31-,32+,33?,34-/m0/s1. The van der Waals surface area contributed by atoms with E-state index >= 15 is 0 Å². The van der Waals surface area contributed by atoms with Crippen LogP contribution in [0.1, 0.15) is 22.3 Å². The number of halogens is 3. The summed E-state index contributed by atoms with van der Waals surface area (Å²) in [5.41, 5.74) is 3.87. The van der Waals surface area contributed by atoms with Gasteiger partial charge in [-0.3, -0.25) is 5.41 Å². The lowest BCUT2D eigenvalue weighted by Gasteiger charge is -2.46. The molecule has 4 aromatic carbocycles. The third kappa shape index (κ3) is 10.3. The van der Waals surface area contributed by atoms with Crippen LogP contribution in [0.4, 0.5) is 0 Å². The van der Waals surface area contributed by atoms with Gasteiger partial charge in [0.25, 0.3) is 3.79 Å². The maximum absolute atomic E-state index is 8.37. The molecule has 5 atom stereocenters. The van der Waals surface area contributed by atoms with E-state index in [1.807, 2.05) is 121 Å². The Morgan fingerprint density at radius 1 is 0.565 bits per heavy atom. The predicted octanol–water partition coefficient (Wildman–Crippen LogP) is 8.05. The molecule has 2 unspecified atom stereocenters. The Kier molecular flexibility index (Phi) is 12.9. The van der Waals surface area contributed by atoms with E-state index in [1.165, 1.54) is 0 Å². The zero-order valence-electron chi connectivity index (χ0n) is 25.1. The summed E-state index contributed by atoms with van der Waals surface area (Å²) in [5, 5.41) is 8.37. The molecule has 10 heteroatoms. The number of ether oxygens (including phenoxy) is 6. The average Bonchev–Trinajstić information content (AvgIpc) is 3.07. The van der Waals surface area contributed by atoms with Crippen molar-refractivity contribution in [3.8, 4) is 0 Å². The summed E-state index contributed by atoms with van der Waals surface area (Å²) in [4.78, 5) is 0. The first-order chi connectivity index (χ1) is 22.4. The SMILES string of the molecule is N=C(O[C@@H]1OC(COCc2ccccc2)[C@H](OCc2ccccc2)[C@@H](OCc2ccccc2)C1OCc1ccccc1)C(Cl)(Cl)Cl. The third-order valence-electron chi connectivity index (χ3n) is 7.33. The molecule has 0 aromatic heterocycles. The molecule has 0 radical (unpaired) electrons. The van der Waals surface area contributed by atoms with Gasteiger partial charge in [0.1, 0.15) is 24.4 Å². The highest BCUT2D eigenvalue weighted by Crippen LogP contribution is 2.34. The smallest absolute Gasteiger partial charge is 0.265 e. The number of hydrogen-bond donors (Lipinski definition) is 1. The highest BCUT2D eigenvalue weighted by molar-refractivity contribution is 6.76. The molecule has 1 heterocycles. The number of benzene rings is 4. The fraction of sp³-hybridized carbons (Fsp3) is 0.306. The van der Waals surface area contributed by atoms with Crippen LogP contribution >= 0.6 is 34.8 Å². The molecule has 242 valence electrons. The zero-order valence-corrected chi connectivity index (χ0v) is 27.3. The number of rotatable bonds is 14. The Morgan fingerprint density at radius 3 is 1.39 bits per heavy atom. The molecular formula is C36H36Cl3NO6. The van der Waals surface area contributed by atoms with E-state index in [-0.39, 0.29) is 26.4 Å². The number of nitrogens with one attached hydrogen (secondary N) is 1. The van der Waals surface area contributed by atoms with Crippen molar-refractivity contribution in [2.75, 3.05) is 6.61 Å². The van der Waals surface area contributed by atoms with Gasteiger partial charge in [0.2, 0.25) is 12.2 Å². The summed E-state index contributed by atoms with van der Waals surface area (Å²) >= 11 is 18.1. The van der Waals surface area contributed by atoms with Crippen molar-refractivity contribution in [1.82, 2.24) is 0 Å². The van der Waals surface area contributed by atoms with Crippen molar-refractivity contribution in [1.29, 1.82) is 5.41 Å². The highest BCUT2D eigenvalue weighted by Gasteiger charge is 2.51. The molecule has 1 aliphatic heterocycles. The van der Waals surface area contributed by atoms with Gasteiger partial charge in [-0.2, -0.15) is 0 Å². The van der Waals surface area contributed by atoms with E-state index in [1.54, 1.807) is 0 Å². The minimum atomic E-state index is -2.12. The van der Waals surface area contributed by atoms with Crippen LogP contribution in [0.25, 0.3) is 0 Å². The van der Waals surface area contributed by atoms with E-state index in [9.17, 15) is 0 Å². The van der Waals surface area contributed by atoms with Crippen molar-refractivity contribution in [2.45, 2.75) is 60.9 Å². The van der Waals surface area contributed by atoms with Crippen LogP contribution in [0.3, 0.4) is 0 Å². The molecule has 0 saturated carbocycles. The Balaban J connectivity index is 1.46. The third-order valence-corrected chi connectivity index (χ3v) is 7.85. The maximum Gasteiger partial charge on any atom is 0.265 e. The molecule has 7 nitrogen and oxygen atoms in total. The van der Waals surface area contributed by atoms with Gasteiger partial charge >= 0.3 is 0 Å². The first kappa shape index (κ1) is 34.4. The van der Waals surface area contributed by atoms with Gasteiger partial charge < -0.3 is 28.4 Å². The van der Waals surface area contributed by atoms with Crippen molar-refractivity contribution in [2.24, 2.45) is 0 Å². The maximum atomic E-state index is 8.37. The average molecular weight is 685 g/mol. The minimum absolute atomic E-state index is 0.131. The van der Waals surface area contributed by atoms with E-state index in [2.05, 4.69) is 0 Å². The molecule has 4 aromatic rings. The topological polar surface area (TPSA) is 79.2 Å². The monoisotopic (exact) mass is 683 g/mol. The quantitative estimate of drug-likeness (QED) is 0.0823. The number of hydrogen-bond acceptors (Lipinski definition) is 7. The van der Waals surface area contributed by atoms with Crippen molar-refractivity contribution >= 4 is 40.7 Å². The van der Waals surface area contributed by atoms with Crippen molar-refractivity contribution in [3.05, 3.63) is 144 Å². The predicted molar refractivity (Wildman–Crippen MR) is 179 cm³/mol. The summed E-state index contributed by atoms with van der Waals surface area (Å²) in [6.45, 7) is 1.24. The van der Waals surface area contributed by atoms with Crippen molar-refractivity contribution < 1.29 is 28.4 Å². The second kappa shape index (κ2) is 17.3. The van der Waals surface area contributed by atoms with Gasteiger partial charge in [0.15, 0.2) is 0 Å². The molecule has 46 heavy (non-hydrogen) atoms. The first-order valence-electron chi connectivity index (χ1n) is 14.9. The molecule has 5 rings (SSSR count). The summed E-state index contributed by atoms with van der Waals surface area (Å²) < 4.78 is 36.1. The lowest BCUT2D eigenvalue weighted by molar-refractivity contribution is -0.313. The van der Waals surface area contributed by atoms with Crippen molar-refractivity contribution in [3.63, 3.8) is 0 Å². The van der Waals surface area contributed by atoms with Gasteiger partial charge in [-0.05, 0) is 22.3 Å². The Hall–Kier alpha value is -2.98. The fourth-order valence-corrected chi connectivity index (χ4v) is 5.16. The summed E-state index contributed by atoms with van der Waals surface area (Å²) in [7, 11) is 0. The van der Waals surface area contributed by atoms with Crippen LogP contribution in [-0.2, 0) is 54.8 Å². The highest BCUT2D eigenvalue weighted by atomic mass is 35.6. The lowest BCUT2D eigenvalue weighted by Crippen LogP contribution is -2.62. The minimum Gasteiger partial charge on any atom is -0.445 e. The molecule has 0 spiro atoms. The molecule has 1 aliphatic rings.